The molecular formula is C27H18BrClN2O3. The Kier molecular flexibility index (Phi) is 4.97. The van der Waals surface area contributed by atoms with Crippen LogP contribution in [0.2, 0.25) is 5.02 Å². The molecule has 3 aromatic carbocycles. The Hall–Kier alpha value is -3.22. The summed E-state index contributed by atoms with van der Waals surface area (Å²) in [5.41, 5.74) is 2.91. The molecule has 7 heteroatoms. The Labute approximate surface area is 209 Å². The number of carbonyl (C=O) groups excluding carboxylic acids is 3. The third-order valence-electron chi connectivity index (χ3n) is 6.94. The lowest BCUT2D eigenvalue weighted by atomic mass is 9.83. The molecule has 4 atom stereocenters. The topological polar surface area (TPSA) is 57.7 Å². The number of nitrogens with zero attached hydrogens (tertiary/aromatic N) is 2. The fourth-order valence-corrected chi connectivity index (χ4v) is 5.88. The molecule has 0 aromatic heterocycles. The maximum absolute atomic E-state index is 13.8. The summed E-state index contributed by atoms with van der Waals surface area (Å²) < 4.78 is 0.851. The van der Waals surface area contributed by atoms with Crippen LogP contribution in [0.25, 0.3) is 6.08 Å². The molecule has 3 aromatic rings. The lowest BCUT2D eigenvalue weighted by Crippen LogP contribution is -2.44. The zero-order valence-corrected chi connectivity index (χ0v) is 20.1. The minimum atomic E-state index is -0.794. The smallest absolute Gasteiger partial charge is 0.240 e. The molecule has 0 radical (unpaired) electrons. The van der Waals surface area contributed by atoms with Gasteiger partial charge in [-0.25, -0.2) is 4.90 Å². The monoisotopic (exact) mass is 532 g/mol. The summed E-state index contributed by atoms with van der Waals surface area (Å²) in [6, 6.07) is 20.4. The molecule has 0 saturated carbocycles. The SMILES string of the molecule is O=C(c1ccc(Cl)cc1)C1C2C(=O)N(c3ccc(Br)cc3)C(=O)C2C2c3ccccc3C=CN12. The average Bonchev–Trinajstić information content (AvgIpc) is 3.32. The molecule has 4 unspecified atom stereocenters. The Morgan fingerprint density at radius 2 is 1.53 bits per heavy atom. The van der Waals surface area contributed by atoms with Gasteiger partial charge in [-0.15, -0.1) is 0 Å². The predicted octanol–water partition coefficient (Wildman–Crippen LogP) is 5.50. The molecule has 3 aliphatic rings. The summed E-state index contributed by atoms with van der Waals surface area (Å²) in [4.78, 5) is 44.6. The Morgan fingerprint density at radius 1 is 0.853 bits per heavy atom. The van der Waals surface area contributed by atoms with Crippen LogP contribution in [0.3, 0.4) is 0 Å². The van der Waals surface area contributed by atoms with Gasteiger partial charge in [-0.05, 0) is 65.7 Å². The Balaban J connectivity index is 1.49. The molecule has 3 aliphatic heterocycles. The fraction of sp³-hybridized carbons (Fsp3) is 0.148. The molecule has 34 heavy (non-hydrogen) atoms. The Morgan fingerprint density at radius 3 is 2.26 bits per heavy atom. The third-order valence-corrected chi connectivity index (χ3v) is 7.72. The zero-order valence-electron chi connectivity index (χ0n) is 17.8. The van der Waals surface area contributed by atoms with Crippen LogP contribution in [-0.4, -0.2) is 28.5 Å². The van der Waals surface area contributed by atoms with Crippen molar-refractivity contribution in [3.63, 3.8) is 0 Å². The molecule has 3 heterocycles. The van der Waals surface area contributed by atoms with Crippen molar-refractivity contribution < 1.29 is 14.4 Å². The van der Waals surface area contributed by atoms with Crippen LogP contribution >= 0.6 is 27.5 Å². The van der Waals surface area contributed by atoms with Crippen molar-refractivity contribution >= 4 is 56.9 Å². The van der Waals surface area contributed by atoms with E-state index in [1.807, 2.05) is 41.4 Å². The highest BCUT2D eigenvalue weighted by atomic mass is 79.9. The second-order valence-electron chi connectivity index (χ2n) is 8.69. The fourth-order valence-electron chi connectivity index (χ4n) is 5.49. The normalized spacial score (nSPS) is 24.8. The molecule has 6 rings (SSSR count). The lowest BCUT2D eigenvalue weighted by Gasteiger charge is -2.35. The second kappa shape index (κ2) is 7.93. The van der Waals surface area contributed by atoms with Gasteiger partial charge in [-0.3, -0.25) is 14.4 Å². The lowest BCUT2D eigenvalue weighted by molar-refractivity contribution is -0.123. The summed E-state index contributed by atoms with van der Waals surface area (Å²) in [6.45, 7) is 0. The molecule has 2 fully saturated rings. The predicted molar refractivity (Wildman–Crippen MR) is 133 cm³/mol. The highest BCUT2D eigenvalue weighted by Crippen LogP contribution is 2.53. The van der Waals surface area contributed by atoms with Crippen LogP contribution in [0, 0.1) is 11.8 Å². The van der Waals surface area contributed by atoms with Crippen molar-refractivity contribution in [3.05, 3.63) is 105 Å². The summed E-state index contributed by atoms with van der Waals surface area (Å²) in [5.74, 6) is -2.27. The van der Waals surface area contributed by atoms with E-state index < -0.39 is 23.9 Å². The van der Waals surface area contributed by atoms with Crippen molar-refractivity contribution in [2.24, 2.45) is 11.8 Å². The van der Waals surface area contributed by atoms with Crippen molar-refractivity contribution in [1.29, 1.82) is 0 Å². The van der Waals surface area contributed by atoms with Gasteiger partial charge in [-0.2, -0.15) is 0 Å². The summed E-state index contributed by atoms with van der Waals surface area (Å²) >= 11 is 9.43. The Bertz CT molecular complexity index is 1370. The van der Waals surface area contributed by atoms with Gasteiger partial charge in [0.15, 0.2) is 5.78 Å². The van der Waals surface area contributed by atoms with E-state index in [1.54, 1.807) is 48.5 Å². The van der Waals surface area contributed by atoms with Gasteiger partial charge in [0.1, 0.15) is 6.04 Å². The van der Waals surface area contributed by atoms with E-state index in [2.05, 4.69) is 15.9 Å². The highest BCUT2D eigenvalue weighted by Gasteiger charge is 2.64. The maximum Gasteiger partial charge on any atom is 0.240 e. The van der Waals surface area contributed by atoms with Crippen LogP contribution in [0.4, 0.5) is 5.69 Å². The molecule has 0 N–H and O–H groups in total. The average molecular weight is 534 g/mol. The van der Waals surface area contributed by atoms with E-state index in [-0.39, 0.29) is 17.6 Å². The number of ketones is 1. The van der Waals surface area contributed by atoms with Gasteiger partial charge in [0, 0.05) is 21.3 Å². The number of carbonyl (C=O) groups is 3. The standard InChI is InChI=1S/C27H18BrClN2O3/c28-17-7-11-19(12-8-17)31-26(33)21-22(27(31)34)24(25(32)16-5-9-18(29)10-6-16)30-14-13-15-3-1-2-4-20(15)23(21)30/h1-14,21-24H. The van der Waals surface area contributed by atoms with Crippen LogP contribution in [0.1, 0.15) is 27.5 Å². The van der Waals surface area contributed by atoms with E-state index in [1.165, 1.54) is 4.90 Å². The van der Waals surface area contributed by atoms with Gasteiger partial charge in [0.25, 0.3) is 0 Å². The molecule has 5 nitrogen and oxygen atoms in total. The number of benzene rings is 3. The first-order valence-corrected chi connectivity index (χ1v) is 12.1. The first-order chi connectivity index (χ1) is 16.5. The van der Waals surface area contributed by atoms with E-state index in [4.69, 9.17) is 11.6 Å². The summed E-state index contributed by atoms with van der Waals surface area (Å²) in [7, 11) is 0. The number of amides is 2. The zero-order chi connectivity index (χ0) is 23.6. The number of rotatable bonds is 3. The highest BCUT2D eigenvalue weighted by molar-refractivity contribution is 9.10. The summed E-state index contributed by atoms with van der Waals surface area (Å²) in [5, 5.41) is 0.527. The molecular weight excluding hydrogens is 516 g/mol. The number of anilines is 1. The number of Topliss-reactive ketones (excluding diaryl/α,β-unsaturated/α-hetero) is 1. The van der Waals surface area contributed by atoms with Crippen molar-refractivity contribution in [1.82, 2.24) is 4.90 Å². The van der Waals surface area contributed by atoms with Crippen molar-refractivity contribution in [3.8, 4) is 0 Å². The van der Waals surface area contributed by atoms with Gasteiger partial charge in [-0.1, -0.05) is 51.8 Å². The van der Waals surface area contributed by atoms with Gasteiger partial charge >= 0.3 is 0 Å². The molecule has 168 valence electrons. The van der Waals surface area contributed by atoms with Crippen LogP contribution in [0.15, 0.2) is 83.5 Å². The first-order valence-electron chi connectivity index (χ1n) is 10.9. The van der Waals surface area contributed by atoms with E-state index in [0.717, 1.165) is 15.6 Å². The van der Waals surface area contributed by atoms with E-state index in [0.29, 0.717) is 16.3 Å². The minimum Gasteiger partial charge on any atom is -0.358 e. The number of hydrogen-bond acceptors (Lipinski definition) is 4. The minimum absolute atomic E-state index is 0.197. The van der Waals surface area contributed by atoms with Gasteiger partial charge in [0.05, 0.1) is 23.6 Å². The van der Waals surface area contributed by atoms with Gasteiger partial charge < -0.3 is 4.90 Å². The van der Waals surface area contributed by atoms with Crippen molar-refractivity contribution in [2.75, 3.05) is 4.90 Å². The second-order valence-corrected chi connectivity index (χ2v) is 10.0. The molecule has 2 amide bonds. The third kappa shape index (κ3) is 3.09. The van der Waals surface area contributed by atoms with Crippen molar-refractivity contribution in [2.45, 2.75) is 12.1 Å². The largest absolute Gasteiger partial charge is 0.358 e. The van der Waals surface area contributed by atoms with Crippen LogP contribution in [-0.2, 0) is 9.59 Å². The number of imide groups is 1. The van der Waals surface area contributed by atoms with E-state index in [9.17, 15) is 14.4 Å². The maximum atomic E-state index is 13.8. The number of hydrogen-bond donors (Lipinski definition) is 0. The molecule has 0 spiro atoms. The quantitative estimate of drug-likeness (QED) is 0.330. The molecule has 0 aliphatic carbocycles. The number of fused-ring (bicyclic) bond motifs is 5. The summed E-state index contributed by atoms with van der Waals surface area (Å²) in [6.07, 6.45) is 3.80. The van der Waals surface area contributed by atoms with Crippen LogP contribution < -0.4 is 4.90 Å². The molecule has 0 bridgehead atoms. The van der Waals surface area contributed by atoms with E-state index >= 15 is 0 Å². The first kappa shape index (κ1) is 21.3. The number of halogens is 2. The molecule has 2 saturated heterocycles. The van der Waals surface area contributed by atoms with Crippen LogP contribution in [0.5, 0.6) is 0 Å². The van der Waals surface area contributed by atoms with Gasteiger partial charge in [0.2, 0.25) is 11.8 Å².